The second kappa shape index (κ2) is 7.25. The number of rotatable bonds is 5. The lowest BCUT2D eigenvalue weighted by molar-refractivity contribution is 0.233. The van der Waals surface area contributed by atoms with Crippen LogP contribution in [0.3, 0.4) is 0 Å². The third kappa shape index (κ3) is 3.80. The van der Waals surface area contributed by atoms with Crippen LogP contribution in [0.5, 0.6) is 0 Å². The van der Waals surface area contributed by atoms with Gasteiger partial charge in [0.25, 0.3) is 0 Å². The van der Waals surface area contributed by atoms with Gasteiger partial charge in [0, 0.05) is 39.3 Å². The van der Waals surface area contributed by atoms with Crippen molar-refractivity contribution in [3.8, 4) is 5.69 Å². The van der Waals surface area contributed by atoms with Crippen LogP contribution in [0.4, 0.5) is 4.39 Å². The summed E-state index contributed by atoms with van der Waals surface area (Å²) in [7, 11) is 0. The fourth-order valence-corrected chi connectivity index (χ4v) is 2.86. The molecule has 1 aromatic heterocycles. The van der Waals surface area contributed by atoms with Crippen molar-refractivity contribution in [2.75, 3.05) is 32.7 Å². The molecule has 0 saturated carbocycles. The molecule has 0 radical (unpaired) electrons. The number of aromatic nitrogens is 3. The predicted molar refractivity (Wildman–Crippen MR) is 86.7 cm³/mol. The Balaban J connectivity index is 1.64. The van der Waals surface area contributed by atoms with Gasteiger partial charge in [-0.05, 0) is 24.6 Å². The number of aryl methyl sites for hydroxylation is 1. The van der Waals surface area contributed by atoms with Crippen LogP contribution in [0.2, 0.25) is 5.02 Å². The Morgan fingerprint density at radius 2 is 2.04 bits per heavy atom. The zero-order chi connectivity index (χ0) is 16.2. The van der Waals surface area contributed by atoms with Crippen LogP contribution < -0.4 is 11.0 Å². The molecule has 1 fully saturated rings. The van der Waals surface area contributed by atoms with Crippen LogP contribution in [-0.4, -0.2) is 52.0 Å². The molecule has 0 unspecified atom stereocenters. The van der Waals surface area contributed by atoms with E-state index in [1.165, 1.54) is 33.8 Å². The van der Waals surface area contributed by atoms with E-state index >= 15 is 0 Å². The van der Waals surface area contributed by atoms with Crippen molar-refractivity contribution in [2.45, 2.75) is 13.0 Å². The summed E-state index contributed by atoms with van der Waals surface area (Å²) in [5, 5.41) is 7.43. The number of piperazine rings is 1. The number of hydrogen-bond acceptors (Lipinski definition) is 4. The van der Waals surface area contributed by atoms with E-state index in [9.17, 15) is 9.18 Å². The molecule has 1 aromatic carbocycles. The van der Waals surface area contributed by atoms with Gasteiger partial charge in [0.2, 0.25) is 0 Å². The van der Waals surface area contributed by atoms with Crippen molar-refractivity contribution in [2.24, 2.45) is 0 Å². The number of nitrogens with one attached hydrogen (secondary N) is 1. The van der Waals surface area contributed by atoms with E-state index in [0.717, 1.165) is 39.1 Å². The topological polar surface area (TPSA) is 55.1 Å². The largest absolute Gasteiger partial charge is 0.350 e. The highest BCUT2D eigenvalue weighted by atomic mass is 35.5. The highest BCUT2D eigenvalue weighted by Crippen LogP contribution is 2.17. The summed E-state index contributed by atoms with van der Waals surface area (Å²) in [5.41, 5.74) is 0.266. The van der Waals surface area contributed by atoms with E-state index in [1.807, 2.05) is 0 Å². The summed E-state index contributed by atoms with van der Waals surface area (Å²) in [6.45, 7) is 5.61. The molecule has 6 nitrogen and oxygen atoms in total. The Hall–Kier alpha value is -1.70. The van der Waals surface area contributed by atoms with Crippen molar-refractivity contribution in [3.63, 3.8) is 0 Å². The average molecular weight is 340 g/mol. The van der Waals surface area contributed by atoms with Gasteiger partial charge in [0.05, 0.1) is 10.7 Å². The first-order valence-corrected chi connectivity index (χ1v) is 8.06. The molecule has 1 N–H and O–H groups in total. The van der Waals surface area contributed by atoms with Crippen LogP contribution in [0, 0.1) is 5.82 Å². The molecule has 1 aliphatic rings. The molecule has 124 valence electrons. The summed E-state index contributed by atoms with van der Waals surface area (Å²) in [5.74, 6) is -0.508. The maximum absolute atomic E-state index is 13.2. The van der Waals surface area contributed by atoms with Gasteiger partial charge in [-0.1, -0.05) is 11.6 Å². The first-order valence-electron chi connectivity index (χ1n) is 7.68. The normalized spacial score (nSPS) is 15.9. The monoisotopic (exact) mass is 339 g/mol. The molecule has 2 heterocycles. The lowest BCUT2D eigenvalue weighted by Gasteiger charge is -2.26. The third-order valence-electron chi connectivity index (χ3n) is 3.97. The summed E-state index contributed by atoms with van der Waals surface area (Å²) in [4.78, 5) is 14.7. The second-order valence-electron chi connectivity index (χ2n) is 5.55. The van der Waals surface area contributed by atoms with E-state index in [-0.39, 0.29) is 10.7 Å². The summed E-state index contributed by atoms with van der Waals surface area (Å²) in [6.07, 6.45) is 2.30. The Morgan fingerprint density at radius 3 is 2.78 bits per heavy atom. The molecule has 1 saturated heterocycles. The van der Waals surface area contributed by atoms with Crippen molar-refractivity contribution < 1.29 is 4.39 Å². The van der Waals surface area contributed by atoms with Gasteiger partial charge in [-0.3, -0.25) is 0 Å². The number of benzene rings is 1. The number of hydrogen-bond donors (Lipinski definition) is 1. The summed E-state index contributed by atoms with van der Waals surface area (Å²) < 4.78 is 16.0. The molecule has 3 rings (SSSR count). The van der Waals surface area contributed by atoms with Gasteiger partial charge in [-0.15, -0.1) is 0 Å². The van der Waals surface area contributed by atoms with Crippen molar-refractivity contribution >= 4 is 11.6 Å². The molecule has 0 spiro atoms. The minimum atomic E-state index is -0.508. The highest BCUT2D eigenvalue weighted by Gasteiger charge is 2.11. The van der Waals surface area contributed by atoms with Crippen LogP contribution >= 0.6 is 11.6 Å². The standard InChI is InChI=1S/C15H19ClFN5O/c16-13-10-12(2-3-14(13)17)21-11-19-22(15(21)23)7-1-6-20-8-4-18-5-9-20/h2-3,10-11,18H,1,4-9H2. The van der Waals surface area contributed by atoms with Gasteiger partial charge < -0.3 is 10.2 Å². The third-order valence-corrected chi connectivity index (χ3v) is 4.26. The molecule has 0 atom stereocenters. The zero-order valence-electron chi connectivity index (χ0n) is 12.7. The molecule has 8 heteroatoms. The molecular weight excluding hydrogens is 321 g/mol. The SMILES string of the molecule is O=c1n(-c2ccc(F)c(Cl)c2)cnn1CCCN1CCNCC1. The fourth-order valence-electron chi connectivity index (χ4n) is 2.68. The molecular formula is C15H19ClFN5O. The van der Waals surface area contributed by atoms with E-state index in [4.69, 9.17) is 11.6 Å². The van der Waals surface area contributed by atoms with Crippen LogP contribution in [0.25, 0.3) is 5.69 Å². The lowest BCUT2D eigenvalue weighted by Crippen LogP contribution is -2.44. The molecule has 0 amide bonds. The van der Waals surface area contributed by atoms with Gasteiger partial charge in [-0.25, -0.2) is 18.4 Å². The summed E-state index contributed by atoms with van der Waals surface area (Å²) >= 11 is 5.76. The van der Waals surface area contributed by atoms with Crippen LogP contribution in [-0.2, 0) is 6.54 Å². The number of halogens is 2. The van der Waals surface area contributed by atoms with Gasteiger partial charge in [-0.2, -0.15) is 5.10 Å². The maximum Gasteiger partial charge on any atom is 0.350 e. The fraction of sp³-hybridized carbons (Fsp3) is 0.467. The van der Waals surface area contributed by atoms with Crippen molar-refractivity contribution in [1.29, 1.82) is 0 Å². The van der Waals surface area contributed by atoms with Crippen molar-refractivity contribution in [3.05, 3.63) is 45.9 Å². The maximum atomic E-state index is 13.2. The van der Waals surface area contributed by atoms with Crippen LogP contribution in [0.15, 0.2) is 29.3 Å². The minimum Gasteiger partial charge on any atom is -0.314 e. The van der Waals surface area contributed by atoms with Gasteiger partial charge in [0.1, 0.15) is 12.1 Å². The van der Waals surface area contributed by atoms with E-state index in [1.54, 1.807) is 0 Å². The summed E-state index contributed by atoms with van der Waals surface area (Å²) in [6, 6.07) is 4.17. The number of nitrogens with zero attached hydrogens (tertiary/aromatic N) is 4. The van der Waals surface area contributed by atoms with E-state index in [0.29, 0.717) is 12.2 Å². The first-order chi connectivity index (χ1) is 11.1. The average Bonchev–Trinajstić information content (AvgIpc) is 2.92. The molecule has 1 aliphatic heterocycles. The van der Waals surface area contributed by atoms with E-state index < -0.39 is 5.82 Å². The molecule has 0 bridgehead atoms. The van der Waals surface area contributed by atoms with Gasteiger partial charge >= 0.3 is 5.69 Å². The Kier molecular flexibility index (Phi) is 5.09. The predicted octanol–water partition coefficient (Wildman–Crippen LogP) is 1.12. The zero-order valence-corrected chi connectivity index (χ0v) is 13.5. The quantitative estimate of drug-likeness (QED) is 0.887. The Bertz CT molecular complexity index is 723. The molecule has 23 heavy (non-hydrogen) atoms. The van der Waals surface area contributed by atoms with Crippen molar-refractivity contribution in [1.82, 2.24) is 24.6 Å². The van der Waals surface area contributed by atoms with E-state index in [2.05, 4.69) is 15.3 Å². The molecule has 2 aromatic rings. The van der Waals surface area contributed by atoms with Gasteiger partial charge in [0.15, 0.2) is 0 Å². The first kappa shape index (κ1) is 16.2. The smallest absolute Gasteiger partial charge is 0.314 e. The Labute approximate surface area is 138 Å². The Morgan fingerprint density at radius 1 is 1.26 bits per heavy atom. The highest BCUT2D eigenvalue weighted by molar-refractivity contribution is 6.30. The lowest BCUT2D eigenvalue weighted by atomic mass is 10.3. The second-order valence-corrected chi connectivity index (χ2v) is 5.96. The minimum absolute atomic E-state index is 0.0131. The molecule has 0 aliphatic carbocycles. The van der Waals surface area contributed by atoms with Crippen LogP contribution in [0.1, 0.15) is 6.42 Å².